The van der Waals surface area contributed by atoms with Crippen LogP contribution in [-0.4, -0.2) is 11.1 Å². The lowest BCUT2D eigenvalue weighted by molar-refractivity contribution is -0.150. The maximum atomic E-state index is 11.5. The van der Waals surface area contributed by atoms with Gasteiger partial charge in [-0.05, 0) is 19.3 Å². The van der Waals surface area contributed by atoms with Gasteiger partial charge in [0.25, 0.3) is 0 Å². The Morgan fingerprint density at radius 2 is 1.44 bits per heavy atom. The molecule has 0 aliphatic rings. The van der Waals surface area contributed by atoms with E-state index in [1.165, 1.54) is 19.3 Å². The number of carboxylic acid groups (broad SMARTS) is 1. The molecule has 2 nitrogen and oxygen atoms in total. The van der Waals surface area contributed by atoms with E-state index < -0.39 is 11.4 Å². The van der Waals surface area contributed by atoms with Crippen LogP contribution in [0.25, 0.3) is 0 Å². The fraction of sp³-hybridized carbons (Fsp3) is 0.929. The minimum Gasteiger partial charge on any atom is -0.481 e. The largest absolute Gasteiger partial charge is 0.481 e. The predicted octanol–water partition coefficient (Wildman–Crippen LogP) is 4.63. The van der Waals surface area contributed by atoms with Crippen LogP contribution < -0.4 is 0 Å². The number of aliphatic carboxylic acids is 1. The summed E-state index contributed by atoms with van der Waals surface area (Å²) in [5.74, 6) is -0.576. The van der Waals surface area contributed by atoms with Crippen molar-refractivity contribution in [3.05, 3.63) is 0 Å². The lowest BCUT2D eigenvalue weighted by Crippen LogP contribution is -2.30. The number of carbonyl (C=O) groups is 1. The molecule has 96 valence electrons. The van der Waals surface area contributed by atoms with Gasteiger partial charge in [0.2, 0.25) is 0 Å². The van der Waals surface area contributed by atoms with E-state index in [9.17, 15) is 9.90 Å². The standard InChI is InChI=1S/C14H28O2/c1-4-7-8-9-12-14(10-5-2,11-6-3)13(15)16/h4-12H2,1-3H3,(H,15,16). The van der Waals surface area contributed by atoms with Crippen LogP contribution in [0.5, 0.6) is 0 Å². The molecule has 0 amide bonds. The van der Waals surface area contributed by atoms with Gasteiger partial charge in [-0.2, -0.15) is 0 Å². The highest BCUT2D eigenvalue weighted by molar-refractivity contribution is 5.74. The molecular formula is C14H28O2. The van der Waals surface area contributed by atoms with E-state index >= 15 is 0 Å². The molecule has 0 bridgehead atoms. The molecule has 0 spiro atoms. The number of hydrogen-bond donors (Lipinski definition) is 1. The molecule has 0 aromatic carbocycles. The summed E-state index contributed by atoms with van der Waals surface area (Å²) in [7, 11) is 0. The van der Waals surface area contributed by atoms with Crippen LogP contribution in [0.4, 0.5) is 0 Å². The average molecular weight is 228 g/mol. The molecule has 0 saturated heterocycles. The molecule has 1 N–H and O–H groups in total. The van der Waals surface area contributed by atoms with Gasteiger partial charge in [-0.25, -0.2) is 0 Å². The van der Waals surface area contributed by atoms with Gasteiger partial charge in [-0.1, -0.05) is 59.3 Å². The summed E-state index contributed by atoms with van der Waals surface area (Å²) in [6.07, 6.45) is 9.17. The molecule has 0 fully saturated rings. The minimum absolute atomic E-state index is 0.433. The summed E-state index contributed by atoms with van der Waals surface area (Å²) in [5.41, 5.74) is -0.433. The summed E-state index contributed by atoms with van der Waals surface area (Å²) in [6, 6.07) is 0. The lowest BCUT2D eigenvalue weighted by Gasteiger charge is -2.29. The van der Waals surface area contributed by atoms with Crippen molar-refractivity contribution in [2.24, 2.45) is 5.41 Å². The Kier molecular flexibility index (Phi) is 8.32. The first-order valence-corrected chi connectivity index (χ1v) is 6.86. The maximum Gasteiger partial charge on any atom is 0.309 e. The third kappa shape index (κ3) is 5.00. The zero-order chi connectivity index (χ0) is 12.4. The summed E-state index contributed by atoms with van der Waals surface area (Å²) in [5, 5.41) is 9.44. The van der Waals surface area contributed by atoms with Crippen molar-refractivity contribution in [3.63, 3.8) is 0 Å². The summed E-state index contributed by atoms with van der Waals surface area (Å²) < 4.78 is 0. The Morgan fingerprint density at radius 1 is 0.875 bits per heavy atom. The second-order valence-corrected chi connectivity index (χ2v) is 4.90. The second-order valence-electron chi connectivity index (χ2n) is 4.90. The molecule has 16 heavy (non-hydrogen) atoms. The topological polar surface area (TPSA) is 37.3 Å². The Balaban J connectivity index is 4.30. The smallest absolute Gasteiger partial charge is 0.309 e. The average Bonchev–Trinajstić information content (AvgIpc) is 2.24. The maximum absolute atomic E-state index is 11.5. The zero-order valence-electron chi connectivity index (χ0n) is 11.2. The first-order valence-electron chi connectivity index (χ1n) is 6.86. The van der Waals surface area contributed by atoms with Gasteiger partial charge in [-0.15, -0.1) is 0 Å². The molecule has 0 aliphatic carbocycles. The lowest BCUT2D eigenvalue weighted by atomic mass is 9.75. The number of rotatable bonds is 10. The summed E-state index contributed by atoms with van der Waals surface area (Å²) >= 11 is 0. The van der Waals surface area contributed by atoms with Crippen LogP contribution in [0.15, 0.2) is 0 Å². The Hall–Kier alpha value is -0.530. The molecule has 0 heterocycles. The Morgan fingerprint density at radius 3 is 1.81 bits per heavy atom. The summed E-state index contributed by atoms with van der Waals surface area (Å²) in [6.45, 7) is 6.35. The highest BCUT2D eigenvalue weighted by Crippen LogP contribution is 2.36. The molecule has 0 aromatic heterocycles. The monoisotopic (exact) mass is 228 g/mol. The van der Waals surface area contributed by atoms with Gasteiger partial charge in [-0.3, -0.25) is 4.79 Å². The molecule has 0 aromatic rings. The number of hydrogen-bond acceptors (Lipinski definition) is 1. The quantitative estimate of drug-likeness (QED) is 0.554. The van der Waals surface area contributed by atoms with Crippen molar-refractivity contribution in [1.29, 1.82) is 0 Å². The second kappa shape index (κ2) is 8.60. The van der Waals surface area contributed by atoms with Gasteiger partial charge < -0.3 is 5.11 Å². The van der Waals surface area contributed by atoms with E-state index in [4.69, 9.17) is 0 Å². The molecule has 0 radical (unpaired) electrons. The molecule has 2 heteroatoms. The van der Waals surface area contributed by atoms with Crippen LogP contribution in [0.2, 0.25) is 0 Å². The van der Waals surface area contributed by atoms with Gasteiger partial charge >= 0.3 is 5.97 Å². The number of unbranched alkanes of at least 4 members (excludes halogenated alkanes) is 3. The van der Waals surface area contributed by atoms with E-state index in [-0.39, 0.29) is 0 Å². The molecule has 0 unspecified atom stereocenters. The highest BCUT2D eigenvalue weighted by Gasteiger charge is 2.35. The van der Waals surface area contributed by atoms with Crippen molar-refractivity contribution in [2.75, 3.05) is 0 Å². The third-order valence-corrected chi connectivity index (χ3v) is 3.42. The van der Waals surface area contributed by atoms with Crippen molar-refractivity contribution in [2.45, 2.75) is 78.6 Å². The van der Waals surface area contributed by atoms with Crippen molar-refractivity contribution in [1.82, 2.24) is 0 Å². The van der Waals surface area contributed by atoms with E-state index in [0.29, 0.717) is 0 Å². The molecule has 0 rings (SSSR count). The zero-order valence-corrected chi connectivity index (χ0v) is 11.2. The minimum atomic E-state index is -0.576. The summed E-state index contributed by atoms with van der Waals surface area (Å²) in [4.78, 5) is 11.5. The van der Waals surface area contributed by atoms with Crippen molar-refractivity contribution < 1.29 is 9.90 Å². The molecule has 0 saturated carbocycles. The van der Waals surface area contributed by atoms with Crippen LogP contribution >= 0.6 is 0 Å². The van der Waals surface area contributed by atoms with Crippen molar-refractivity contribution >= 4 is 5.97 Å². The Bertz CT molecular complexity index is 181. The van der Waals surface area contributed by atoms with Crippen LogP contribution in [-0.2, 0) is 4.79 Å². The van der Waals surface area contributed by atoms with E-state index in [1.807, 2.05) is 0 Å². The van der Waals surface area contributed by atoms with Gasteiger partial charge in [0.05, 0.1) is 5.41 Å². The molecule has 0 aliphatic heterocycles. The van der Waals surface area contributed by atoms with Crippen molar-refractivity contribution in [3.8, 4) is 0 Å². The normalized spacial score (nSPS) is 11.7. The van der Waals surface area contributed by atoms with Crippen LogP contribution in [0.3, 0.4) is 0 Å². The highest BCUT2D eigenvalue weighted by atomic mass is 16.4. The third-order valence-electron chi connectivity index (χ3n) is 3.42. The van der Waals surface area contributed by atoms with E-state index in [1.54, 1.807) is 0 Å². The van der Waals surface area contributed by atoms with E-state index in [2.05, 4.69) is 20.8 Å². The number of carboxylic acids is 1. The Labute approximate surface area is 100 Å². The fourth-order valence-electron chi connectivity index (χ4n) is 2.54. The fourth-order valence-corrected chi connectivity index (χ4v) is 2.54. The molecular weight excluding hydrogens is 200 g/mol. The van der Waals surface area contributed by atoms with Gasteiger partial charge in [0, 0.05) is 0 Å². The van der Waals surface area contributed by atoms with Crippen LogP contribution in [0.1, 0.15) is 78.6 Å². The SMILES string of the molecule is CCCCCCC(CCC)(CCC)C(=O)O. The van der Waals surface area contributed by atoms with Gasteiger partial charge in [0.1, 0.15) is 0 Å². The van der Waals surface area contributed by atoms with Crippen LogP contribution in [0, 0.1) is 5.41 Å². The first-order chi connectivity index (χ1) is 7.63. The van der Waals surface area contributed by atoms with Gasteiger partial charge in [0.15, 0.2) is 0 Å². The molecule has 0 atom stereocenters. The van der Waals surface area contributed by atoms with E-state index in [0.717, 1.165) is 38.5 Å². The predicted molar refractivity (Wildman–Crippen MR) is 68.6 cm³/mol. The first kappa shape index (κ1) is 15.5.